The quantitative estimate of drug-likeness (QED) is 0.489. The smallest absolute Gasteiger partial charge is 0.242 e. The molecule has 1 N–H and O–H groups in total. The monoisotopic (exact) mass is 332 g/mol. The summed E-state index contributed by atoms with van der Waals surface area (Å²) in [6, 6.07) is 2.94. The van der Waals surface area contributed by atoms with Gasteiger partial charge in [0, 0.05) is 12.7 Å². The molecule has 0 atom stereocenters. The molecule has 0 aliphatic heterocycles. The minimum Gasteiger partial charge on any atom is -0.243 e. The molecule has 1 rings (SSSR count). The van der Waals surface area contributed by atoms with E-state index in [2.05, 4.69) is 16.6 Å². The molecule has 1 aromatic rings. The number of nitrogens with one attached hydrogen (secondary N) is 1. The summed E-state index contributed by atoms with van der Waals surface area (Å²) >= 11 is 5.64. The van der Waals surface area contributed by atoms with Gasteiger partial charge in [0.15, 0.2) is 0 Å². The third kappa shape index (κ3) is 7.79. The summed E-state index contributed by atoms with van der Waals surface area (Å²) in [7, 11) is -3.45. The zero-order chi connectivity index (χ0) is 15.6. The lowest BCUT2D eigenvalue weighted by atomic mass is 10.1. The van der Waals surface area contributed by atoms with Crippen LogP contribution in [0.15, 0.2) is 23.2 Å². The first-order valence-electron chi connectivity index (χ1n) is 7.67. The molecule has 1 heterocycles. The van der Waals surface area contributed by atoms with Crippen LogP contribution < -0.4 is 4.72 Å². The molecule has 6 heteroatoms. The molecule has 0 aliphatic carbocycles. The van der Waals surface area contributed by atoms with Crippen LogP contribution in [-0.4, -0.2) is 19.9 Å². The lowest BCUT2D eigenvalue weighted by molar-refractivity contribution is 0.559. The second-order valence-electron chi connectivity index (χ2n) is 5.19. The van der Waals surface area contributed by atoms with E-state index in [-0.39, 0.29) is 10.0 Å². The van der Waals surface area contributed by atoms with Gasteiger partial charge in [-0.15, -0.1) is 0 Å². The second-order valence-corrected chi connectivity index (χ2v) is 7.34. The van der Waals surface area contributed by atoms with Crippen molar-refractivity contribution in [3.8, 4) is 0 Å². The first kappa shape index (κ1) is 18.4. The molecule has 1 aromatic heterocycles. The van der Waals surface area contributed by atoms with E-state index in [4.69, 9.17) is 11.6 Å². The highest BCUT2D eigenvalue weighted by Gasteiger charge is 2.13. The van der Waals surface area contributed by atoms with E-state index in [9.17, 15) is 8.42 Å². The molecule has 0 aromatic carbocycles. The maximum atomic E-state index is 12.0. The van der Waals surface area contributed by atoms with Gasteiger partial charge < -0.3 is 0 Å². The van der Waals surface area contributed by atoms with Crippen LogP contribution in [0.3, 0.4) is 0 Å². The van der Waals surface area contributed by atoms with Gasteiger partial charge >= 0.3 is 0 Å². The zero-order valence-corrected chi connectivity index (χ0v) is 14.2. The minimum atomic E-state index is -3.45. The standard InChI is InChI=1S/C15H25ClN2O2S/c1-2-3-4-5-6-7-8-9-12-18-21(19,20)14-10-11-15(16)17-13-14/h10-11,13,18H,2-9,12H2,1H3. The van der Waals surface area contributed by atoms with Gasteiger partial charge in [-0.1, -0.05) is 63.5 Å². The van der Waals surface area contributed by atoms with Crippen molar-refractivity contribution in [2.24, 2.45) is 0 Å². The Kier molecular flexibility index (Phi) is 8.88. The number of hydrogen-bond donors (Lipinski definition) is 1. The van der Waals surface area contributed by atoms with E-state index in [1.54, 1.807) is 0 Å². The molecule has 0 spiro atoms. The van der Waals surface area contributed by atoms with Crippen molar-refractivity contribution in [2.45, 2.75) is 63.2 Å². The zero-order valence-electron chi connectivity index (χ0n) is 12.6. The first-order valence-corrected chi connectivity index (χ1v) is 9.53. The summed E-state index contributed by atoms with van der Waals surface area (Å²) in [5, 5.41) is 0.289. The molecule has 0 saturated heterocycles. The summed E-state index contributed by atoms with van der Waals surface area (Å²) in [4.78, 5) is 3.94. The molecule has 4 nitrogen and oxygen atoms in total. The van der Waals surface area contributed by atoms with Gasteiger partial charge in [-0.05, 0) is 18.6 Å². The Hall–Kier alpha value is -0.650. The molecule has 0 unspecified atom stereocenters. The number of pyridine rings is 1. The lowest BCUT2D eigenvalue weighted by Crippen LogP contribution is -2.24. The van der Waals surface area contributed by atoms with Crippen molar-refractivity contribution in [1.29, 1.82) is 0 Å². The molecular weight excluding hydrogens is 308 g/mol. The summed E-state index contributed by atoms with van der Waals surface area (Å²) in [6.45, 7) is 2.68. The van der Waals surface area contributed by atoms with Crippen LogP contribution in [0.25, 0.3) is 0 Å². The van der Waals surface area contributed by atoms with Crippen molar-refractivity contribution < 1.29 is 8.42 Å². The van der Waals surface area contributed by atoms with Gasteiger partial charge in [-0.2, -0.15) is 0 Å². The molecule has 0 aliphatic rings. The minimum absolute atomic E-state index is 0.159. The maximum absolute atomic E-state index is 12.0. The average Bonchev–Trinajstić information content (AvgIpc) is 2.46. The summed E-state index contributed by atoms with van der Waals surface area (Å²) < 4.78 is 26.5. The highest BCUT2D eigenvalue weighted by Crippen LogP contribution is 2.11. The van der Waals surface area contributed by atoms with Gasteiger partial charge in [0.05, 0.1) is 0 Å². The van der Waals surface area contributed by atoms with E-state index in [0.717, 1.165) is 12.8 Å². The Bertz CT molecular complexity index is 489. The summed E-state index contributed by atoms with van der Waals surface area (Å²) in [5.41, 5.74) is 0. The van der Waals surface area contributed by atoms with Crippen LogP contribution in [0.2, 0.25) is 5.15 Å². The maximum Gasteiger partial charge on any atom is 0.242 e. The van der Waals surface area contributed by atoms with E-state index in [1.807, 2.05) is 0 Å². The predicted molar refractivity (Wildman–Crippen MR) is 87.0 cm³/mol. The first-order chi connectivity index (χ1) is 10.1. The molecule has 21 heavy (non-hydrogen) atoms. The number of sulfonamides is 1. The fraction of sp³-hybridized carbons (Fsp3) is 0.667. The van der Waals surface area contributed by atoms with Crippen molar-refractivity contribution in [3.05, 3.63) is 23.5 Å². The van der Waals surface area contributed by atoms with Crippen molar-refractivity contribution in [3.63, 3.8) is 0 Å². The van der Waals surface area contributed by atoms with Gasteiger partial charge in [-0.3, -0.25) is 0 Å². The number of halogens is 1. The Morgan fingerprint density at radius 1 is 1.05 bits per heavy atom. The second kappa shape index (κ2) is 10.1. The van der Waals surface area contributed by atoms with Crippen LogP contribution in [0.1, 0.15) is 58.3 Å². The third-order valence-corrected chi connectivity index (χ3v) is 5.00. The van der Waals surface area contributed by atoms with Gasteiger partial charge in [0.2, 0.25) is 10.0 Å². The number of rotatable bonds is 11. The van der Waals surface area contributed by atoms with Crippen LogP contribution in [0.4, 0.5) is 0 Å². The van der Waals surface area contributed by atoms with Gasteiger partial charge in [0.25, 0.3) is 0 Å². The molecule has 0 radical (unpaired) electrons. The summed E-state index contributed by atoms with van der Waals surface area (Å²) in [6.07, 6.45) is 10.8. The number of nitrogens with zero attached hydrogens (tertiary/aromatic N) is 1. The topological polar surface area (TPSA) is 59.1 Å². The van der Waals surface area contributed by atoms with Crippen molar-refractivity contribution >= 4 is 21.6 Å². The summed E-state index contributed by atoms with van der Waals surface area (Å²) in [5.74, 6) is 0. The molecular formula is C15H25ClN2O2S. The molecule has 0 amide bonds. The SMILES string of the molecule is CCCCCCCCCCNS(=O)(=O)c1ccc(Cl)nc1. The number of hydrogen-bond acceptors (Lipinski definition) is 3. The van der Waals surface area contributed by atoms with Gasteiger partial charge in [-0.25, -0.2) is 18.1 Å². The molecule has 120 valence electrons. The van der Waals surface area contributed by atoms with E-state index >= 15 is 0 Å². The number of aromatic nitrogens is 1. The molecule has 0 fully saturated rings. The fourth-order valence-corrected chi connectivity index (χ4v) is 3.20. The van der Waals surface area contributed by atoms with E-state index in [0.29, 0.717) is 6.54 Å². The molecule has 0 bridgehead atoms. The van der Waals surface area contributed by atoms with Crippen LogP contribution >= 0.6 is 11.6 Å². The van der Waals surface area contributed by atoms with Crippen LogP contribution in [0, 0.1) is 0 Å². The average molecular weight is 333 g/mol. The largest absolute Gasteiger partial charge is 0.243 e. The Labute approximate surface area is 133 Å². The van der Waals surface area contributed by atoms with Crippen LogP contribution in [-0.2, 0) is 10.0 Å². The Morgan fingerprint density at radius 2 is 1.67 bits per heavy atom. The normalized spacial score (nSPS) is 11.7. The van der Waals surface area contributed by atoms with E-state index in [1.165, 1.54) is 56.9 Å². The molecule has 0 saturated carbocycles. The Balaban J connectivity index is 2.15. The third-order valence-electron chi connectivity index (χ3n) is 3.33. The highest BCUT2D eigenvalue weighted by atomic mass is 35.5. The predicted octanol–water partition coefficient (Wildman–Crippen LogP) is 4.15. The number of unbranched alkanes of at least 4 members (excludes halogenated alkanes) is 7. The van der Waals surface area contributed by atoms with Gasteiger partial charge in [0.1, 0.15) is 10.0 Å². The van der Waals surface area contributed by atoms with Crippen LogP contribution in [0.5, 0.6) is 0 Å². The Morgan fingerprint density at radius 3 is 2.24 bits per heavy atom. The van der Waals surface area contributed by atoms with Crippen molar-refractivity contribution in [1.82, 2.24) is 9.71 Å². The fourth-order valence-electron chi connectivity index (χ4n) is 2.07. The van der Waals surface area contributed by atoms with Crippen molar-refractivity contribution in [2.75, 3.05) is 6.54 Å². The lowest BCUT2D eigenvalue weighted by Gasteiger charge is -2.06. The highest BCUT2D eigenvalue weighted by molar-refractivity contribution is 7.89. The van der Waals surface area contributed by atoms with E-state index < -0.39 is 10.0 Å².